The Bertz CT molecular complexity index is 329. The van der Waals surface area contributed by atoms with E-state index < -0.39 is 0 Å². The third kappa shape index (κ3) is 2.90. The van der Waals surface area contributed by atoms with Gasteiger partial charge in [0.15, 0.2) is 5.78 Å². The van der Waals surface area contributed by atoms with E-state index in [1.165, 1.54) is 11.3 Å². The number of hydrogen-bond acceptors (Lipinski definition) is 4. The molecule has 1 fully saturated rings. The summed E-state index contributed by atoms with van der Waals surface area (Å²) in [5.41, 5.74) is 5.64. The fraction of sp³-hybridized carbons (Fsp3) is 0.583. The van der Waals surface area contributed by atoms with Crippen LogP contribution in [0.15, 0.2) is 17.5 Å². The summed E-state index contributed by atoms with van der Waals surface area (Å²) in [5, 5.41) is 1.95. The van der Waals surface area contributed by atoms with Crippen LogP contribution < -0.4 is 5.73 Å². The van der Waals surface area contributed by atoms with Crippen molar-refractivity contribution in [1.82, 2.24) is 4.90 Å². The Hall–Kier alpha value is -0.710. The molecule has 0 unspecified atom stereocenters. The maximum atomic E-state index is 11.9. The Morgan fingerprint density at radius 1 is 1.50 bits per heavy atom. The van der Waals surface area contributed by atoms with Gasteiger partial charge >= 0.3 is 0 Å². The van der Waals surface area contributed by atoms with Crippen molar-refractivity contribution in [3.63, 3.8) is 0 Å². The molecule has 0 radical (unpaired) electrons. The van der Waals surface area contributed by atoms with Gasteiger partial charge in [-0.15, -0.1) is 11.3 Å². The molecule has 1 aromatic rings. The van der Waals surface area contributed by atoms with E-state index in [-0.39, 0.29) is 5.78 Å². The van der Waals surface area contributed by atoms with Gasteiger partial charge in [-0.1, -0.05) is 6.07 Å². The highest BCUT2D eigenvalue weighted by Gasteiger charge is 2.20. The number of piperidine rings is 1. The first kappa shape index (κ1) is 11.8. The van der Waals surface area contributed by atoms with Crippen LogP contribution in [0, 0.1) is 5.92 Å². The van der Waals surface area contributed by atoms with Crippen molar-refractivity contribution in [2.24, 2.45) is 11.7 Å². The zero-order chi connectivity index (χ0) is 11.4. The smallest absolute Gasteiger partial charge is 0.186 e. The first-order chi connectivity index (χ1) is 7.79. The third-order valence-corrected chi connectivity index (χ3v) is 4.11. The van der Waals surface area contributed by atoms with E-state index in [4.69, 9.17) is 5.73 Å². The average molecular weight is 238 g/mol. The number of rotatable bonds is 4. The molecular weight excluding hydrogens is 220 g/mol. The zero-order valence-electron chi connectivity index (χ0n) is 9.39. The molecule has 16 heavy (non-hydrogen) atoms. The highest BCUT2D eigenvalue weighted by atomic mass is 32.1. The largest absolute Gasteiger partial charge is 0.330 e. The van der Waals surface area contributed by atoms with Crippen LogP contribution in [0.25, 0.3) is 0 Å². The molecule has 0 aliphatic carbocycles. The second kappa shape index (κ2) is 5.57. The van der Waals surface area contributed by atoms with Crippen LogP contribution in [0.3, 0.4) is 0 Å². The molecule has 88 valence electrons. The highest BCUT2D eigenvalue weighted by molar-refractivity contribution is 7.12. The first-order valence-corrected chi connectivity index (χ1v) is 6.66. The summed E-state index contributed by atoms with van der Waals surface area (Å²) in [4.78, 5) is 15.0. The lowest BCUT2D eigenvalue weighted by Crippen LogP contribution is -2.38. The molecule has 1 aliphatic heterocycles. The summed E-state index contributed by atoms with van der Waals surface area (Å²) in [6.45, 7) is 3.38. The lowest BCUT2D eigenvalue weighted by atomic mass is 9.97. The van der Waals surface area contributed by atoms with Gasteiger partial charge in [0, 0.05) is 0 Å². The summed E-state index contributed by atoms with van der Waals surface area (Å²) in [7, 11) is 0. The van der Waals surface area contributed by atoms with Crippen molar-refractivity contribution in [3.8, 4) is 0 Å². The van der Waals surface area contributed by atoms with E-state index in [0.29, 0.717) is 12.5 Å². The minimum atomic E-state index is 0.251. The van der Waals surface area contributed by atoms with Crippen molar-refractivity contribution < 1.29 is 4.79 Å². The second-order valence-electron chi connectivity index (χ2n) is 4.36. The van der Waals surface area contributed by atoms with Crippen LogP contribution in [-0.2, 0) is 0 Å². The maximum Gasteiger partial charge on any atom is 0.186 e. The molecule has 0 bridgehead atoms. The summed E-state index contributed by atoms with van der Waals surface area (Å²) in [6, 6.07) is 3.83. The molecule has 4 heteroatoms. The van der Waals surface area contributed by atoms with Gasteiger partial charge in [0.05, 0.1) is 11.4 Å². The lowest BCUT2D eigenvalue weighted by Gasteiger charge is -2.30. The van der Waals surface area contributed by atoms with Gasteiger partial charge in [0.2, 0.25) is 0 Å². The number of nitrogens with two attached hydrogens (primary N) is 1. The third-order valence-electron chi connectivity index (χ3n) is 3.20. The van der Waals surface area contributed by atoms with E-state index in [9.17, 15) is 4.79 Å². The van der Waals surface area contributed by atoms with Crippen molar-refractivity contribution in [2.45, 2.75) is 12.8 Å². The van der Waals surface area contributed by atoms with E-state index >= 15 is 0 Å². The predicted octanol–water partition coefficient (Wildman–Crippen LogP) is 1.60. The fourth-order valence-electron chi connectivity index (χ4n) is 2.10. The molecule has 3 nitrogen and oxygen atoms in total. The molecular formula is C12H18N2OS. The molecule has 0 spiro atoms. The molecule has 0 atom stereocenters. The topological polar surface area (TPSA) is 46.3 Å². The normalized spacial score (nSPS) is 18.8. The Labute approximate surface area is 100 Å². The summed E-state index contributed by atoms with van der Waals surface area (Å²) in [5.74, 6) is 0.911. The molecule has 1 aliphatic rings. The van der Waals surface area contributed by atoms with E-state index in [1.807, 2.05) is 17.5 Å². The van der Waals surface area contributed by atoms with Crippen LogP contribution in [0.1, 0.15) is 22.5 Å². The molecule has 2 rings (SSSR count). The lowest BCUT2D eigenvalue weighted by molar-refractivity contribution is 0.0902. The number of Topliss-reactive ketones (excluding diaryl/α,β-unsaturated/α-hetero) is 1. The van der Waals surface area contributed by atoms with Crippen LogP contribution in [0.4, 0.5) is 0 Å². The van der Waals surface area contributed by atoms with Gasteiger partial charge in [-0.25, -0.2) is 0 Å². The Kier molecular flexibility index (Phi) is 4.09. The Morgan fingerprint density at radius 3 is 2.81 bits per heavy atom. The van der Waals surface area contributed by atoms with Crippen LogP contribution in [-0.4, -0.2) is 36.9 Å². The van der Waals surface area contributed by atoms with Gasteiger partial charge in [-0.05, 0) is 49.8 Å². The van der Waals surface area contributed by atoms with E-state index in [0.717, 1.165) is 37.4 Å². The van der Waals surface area contributed by atoms with Crippen molar-refractivity contribution in [2.75, 3.05) is 26.2 Å². The molecule has 2 N–H and O–H groups in total. The van der Waals surface area contributed by atoms with Crippen LogP contribution in [0.5, 0.6) is 0 Å². The van der Waals surface area contributed by atoms with E-state index in [2.05, 4.69) is 4.90 Å². The monoisotopic (exact) mass is 238 g/mol. The van der Waals surface area contributed by atoms with Crippen molar-refractivity contribution in [1.29, 1.82) is 0 Å². The molecule has 2 heterocycles. The Balaban J connectivity index is 1.81. The molecule has 1 saturated heterocycles. The van der Waals surface area contributed by atoms with Gasteiger partial charge in [-0.3, -0.25) is 9.69 Å². The quantitative estimate of drug-likeness (QED) is 0.811. The number of carbonyl (C=O) groups is 1. The van der Waals surface area contributed by atoms with Gasteiger partial charge < -0.3 is 5.73 Å². The minimum absolute atomic E-state index is 0.251. The first-order valence-electron chi connectivity index (χ1n) is 5.78. The standard InChI is InChI=1S/C12H18N2OS/c13-8-10-3-5-14(6-4-10)9-11(15)12-2-1-7-16-12/h1-2,7,10H,3-6,8-9,13H2. The highest BCUT2D eigenvalue weighted by Crippen LogP contribution is 2.17. The predicted molar refractivity (Wildman–Crippen MR) is 66.9 cm³/mol. The fourth-order valence-corrected chi connectivity index (χ4v) is 2.76. The minimum Gasteiger partial charge on any atom is -0.330 e. The van der Waals surface area contributed by atoms with Crippen molar-refractivity contribution in [3.05, 3.63) is 22.4 Å². The summed E-state index contributed by atoms with van der Waals surface area (Å²) in [6.07, 6.45) is 2.27. The summed E-state index contributed by atoms with van der Waals surface area (Å²) >= 11 is 1.53. The average Bonchev–Trinajstić information content (AvgIpc) is 2.83. The molecule has 1 aromatic heterocycles. The molecule has 0 amide bonds. The number of thiophene rings is 1. The number of ketones is 1. The maximum absolute atomic E-state index is 11.9. The number of likely N-dealkylation sites (tertiary alicyclic amines) is 1. The zero-order valence-corrected chi connectivity index (χ0v) is 10.2. The number of nitrogens with zero attached hydrogens (tertiary/aromatic N) is 1. The molecule has 0 saturated carbocycles. The van der Waals surface area contributed by atoms with Crippen molar-refractivity contribution >= 4 is 17.1 Å². The van der Waals surface area contributed by atoms with Crippen LogP contribution >= 0.6 is 11.3 Å². The van der Waals surface area contributed by atoms with Crippen LogP contribution in [0.2, 0.25) is 0 Å². The molecule has 0 aromatic carbocycles. The van der Waals surface area contributed by atoms with Gasteiger partial charge in [-0.2, -0.15) is 0 Å². The number of hydrogen-bond donors (Lipinski definition) is 1. The second-order valence-corrected chi connectivity index (χ2v) is 5.30. The van der Waals surface area contributed by atoms with Gasteiger partial charge in [0.1, 0.15) is 0 Å². The Morgan fingerprint density at radius 2 is 2.25 bits per heavy atom. The summed E-state index contributed by atoms with van der Waals surface area (Å²) < 4.78 is 0. The number of carbonyl (C=O) groups excluding carboxylic acids is 1. The van der Waals surface area contributed by atoms with Gasteiger partial charge in [0.25, 0.3) is 0 Å². The SMILES string of the molecule is NCC1CCN(CC(=O)c2cccs2)CC1. The van der Waals surface area contributed by atoms with E-state index in [1.54, 1.807) is 0 Å².